The molecule has 0 unspecified atom stereocenters. The zero-order valence-electron chi connectivity index (χ0n) is 11.0. The third-order valence-electron chi connectivity index (χ3n) is 2.74. The van der Waals surface area contributed by atoms with Crippen LogP contribution >= 0.6 is 0 Å². The molecule has 2 aromatic heterocycles. The molecule has 104 valence electrons. The fourth-order valence-corrected chi connectivity index (χ4v) is 1.65. The van der Waals surface area contributed by atoms with E-state index in [2.05, 4.69) is 9.97 Å². The number of carbonyl (C=O) groups excluding carboxylic acids is 1. The van der Waals surface area contributed by atoms with Gasteiger partial charge in [0.2, 0.25) is 0 Å². The number of ether oxygens (including phenoxy) is 1. The van der Waals surface area contributed by atoms with E-state index >= 15 is 0 Å². The number of rotatable bonds is 3. The van der Waals surface area contributed by atoms with Crippen LogP contribution < -0.4 is 11.2 Å². The third-order valence-corrected chi connectivity index (χ3v) is 2.74. The molecule has 0 saturated carbocycles. The van der Waals surface area contributed by atoms with Crippen LogP contribution in [0.5, 0.6) is 0 Å². The predicted octanol–water partition coefficient (Wildman–Crippen LogP) is 0.355. The van der Waals surface area contributed by atoms with Crippen molar-refractivity contribution in [2.75, 3.05) is 6.61 Å². The number of esters is 1. The van der Waals surface area contributed by atoms with Crippen LogP contribution in [0.25, 0.3) is 11.0 Å². The van der Waals surface area contributed by atoms with Crippen molar-refractivity contribution < 1.29 is 9.53 Å². The van der Waals surface area contributed by atoms with Crippen LogP contribution in [0.4, 0.5) is 0 Å². The predicted molar refractivity (Wildman–Crippen MR) is 72.7 cm³/mol. The molecule has 0 saturated heterocycles. The minimum Gasteiger partial charge on any atom is -0.458 e. The molecule has 0 atom stereocenters. The van der Waals surface area contributed by atoms with E-state index in [1.165, 1.54) is 23.9 Å². The van der Waals surface area contributed by atoms with E-state index < -0.39 is 17.2 Å². The van der Waals surface area contributed by atoms with Crippen LogP contribution in [0.3, 0.4) is 0 Å². The molecule has 0 radical (unpaired) electrons. The number of nitrogens with zero attached hydrogens (tertiary/aromatic N) is 2. The first-order valence-corrected chi connectivity index (χ1v) is 5.92. The lowest BCUT2D eigenvalue weighted by atomic mass is 10.2. The number of hydrogen-bond donors (Lipinski definition) is 1. The van der Waals surface area contributed by atoms with Gasteiger partial charge in [0.1, 0.15) is 12.3 Å². The van der Waals surface area contributed by atoms with Crippen molar-refractivity contribution in [1.29, 1.82) is 0 Å². The van der Waals surface area contributed by atoms with Gasteiger partial charge in [-0.3, -0.25) is 14.3 Å². The summed E-state index contributed by atoms with van der Waals surface area (Å²) in [6.45, 7) is 1.96. The van der Waals surface area contributed by atoms with Crippen LogP contribution in [0.15, 0.2) is 34.0 Å². The molecule has 0 aliphatic carbocycles. The van der Waals surface area contributed by atoms with Crippen LogP contribution in [-0.2, 0) is 11.8 Å². The molecule has 0 bridgehead atoms. The lowest BCUT2D eigenvalue weighted by molar-refractivity contribution is 0.0549. The molecule has 7 heteroatoms. The molecule has 0 aliphatic heterocycles. The van der Waals surface area contributed by atoms with Crippen molar-refractivity contribution in [1.82, 2.24) is 14.5 Å². The summed E-state index contributed by atoms with van der Waals surface area (Å²) in [5.41, 5.74) is -0.771. The molecule has 2 heterocycles. The van der Waals surface area contributed by atoms with Gasteiger partial charge in [-0.25, -0.2) is 14.6 Å². The van der Waals surface area contributed by atoms with E-state index in [9.17, 15) is 14.4 Å². The number of fused-ring (bicyclic) bond motifs is 1. The first-order valence-electron chi connectivity index (χ1n) is 5.92. The Hall–Kier alpha value is -2.70. The van der Waals surface area contributed by atoms with E-state index in [0.29, 0.717) is 0 Å². The van der Waals surface area contributed by atoms with Crippen molar-refractivity contribution >= 4 is 17.0 Å². The zero-order valence-corrected chi connectivity index (χ0v) is 11.0. The summed E-state index contributed by atoms with van der Waals surface area (Å²) in [5, 5.41) is 0.160. The van der Waals surface area contributed by atoms with Gasteiger partial charge in [-0.1, -0.05) is 12.2 Å². The normalized spacial score (nSPS) is 11.1. The number of aryl methyl sites for hydroxylation is 1. The van der Waals surface area contributed by atoms with Gasteiger partial charge in [-0.15, -0.1) is 0 Å². The van der Waals surface area contributed by atoms with E-state index in [1.807, 2.05) is 6.92 Å². The standard InChI is InChI=1S/C13H13N3O4/c1-3-4-5-20-12(18)8-6-9-10(14-7-8)16(2)13(19)15-11(9)17/h3-4,6-7H,5H2,1-2H3,(H,15,17,19)/b4-3+. The Bertz CT molecular complexity index is 801. The van der Waals surface area contributed by atoms with E-state index in [1.54, 1.807) is 12.2 Å². The van der Waals surface area contributed by atoms with Crippen LogP contribution in [0.1, 0.15) is 17.3 Å². The second kappa shape index (κ2) is 5.52. The average Bonchev–Trinajstić information content (AvgIpc) is 2.44. The molecule has 7 nitrogen and oxygen atoms in total. The van der Waals surface area contributed by atoms with Crippen molar-refractivity contribution in [3.05, 3.63) is 50.8 Å². The fraction of sp³-hybridized carbons (Fsp3) is 0.231. The van der Waals surface area contributed by atoms with Gasteiger partial charge in [0.15, 0.2) is 0 Å². The van der Waals surface area contributed by atoms with Gasteiger partial charge >= 0.3 is 11.7 Å². The van der Waals surface area contributed by atoms with E-state index in [4.69, 9.17) is 4.74 Å². The molecule has 1 N–H and O–H groups in total. The van der Waals surface area contributed by atoms with Crippen LogP contribution in [0.2, 0.25) is 0 Å². The first-order chi connectivity index (χ1) is 9.54. The SMILES string of the molecule is C/C=C/COC(=O)c1cnc2c(c1)c(=O)[nH]c(=O)n2C. The Morgan fingerprint density at radius 2 is 2.25 bits per heavy atom. The highest BCUT2D eigenvalue weighted by Gasteiger charge is 2.12. The average molecular weight is 275 g/mol. The Labute approximate surface area is 113 Å². The minimum atomic E-state index is -0.585. The van der Waals surface area contributed by atoms with E-state index in [-0.39, 0.29) is 23.2 Å². The molecular weight excluding hydrogens is 262 g/mol. The lowest BCUT2D eigenvalue weighted by Gasteiger charge is -2.05. The molecule has 0 aliphatic rings. The topological polar surface area (TPSA) is 94.1 Å². The number of allylic oxidation sites excluding steroid dienone is 1. The highest BCUT2D eigenvalue weighted by molar-refractivity contribution is 5.92. The van der Waals surface area contributed by atoms with Crippen molar-refractivity contribution in [3.63, 3.8) is 0 Å². The number of hydrogen-bond acceptors (Lipinski definition) is 5. The lowest BCUT2D eigenvalue weighted by Crippen LogP contribution is -2.29. The first kappa shape index (κ1) is 13.7. The van der Waals surface area contributed by atoms with Crippen LogP contribution in [0, 0.1) is 0 Å². The van der Waals surface area contributed by atoms with Gasteiger partial charge in [0.05, 0.1) is 10.9 Å². The van der Waals surface area contributed by atoms with Gasteiger partial charge < -0.3 is 4.74 Å². The summed E-state index contributed by atoms with van der Waals surface area (Å²) < 4.78 is 6.16. The number of aromatic nitrogens is 3. The molecule has 20 heavy (non-hydrogen) atoms. The van der Waals surface area contributed by atoms with E-state index in [0.717, 1.165) is 0 Å². The molecule has 2 rings (SSSR count). The molecule has 0 fully saturated rings. The van der Waals surface area contributed by atoms with Crippen molar-refractivity contribution in [3.8, 4) is 0 Å². The van der Waals surface area contributed by atoms with Gasteiger partial charge in [0, 0.05) is 13.2 Å². The molecule has 0 aromatic carbocycles. The third kappa shape index (κ3) is 2.51. The maximum Gasteiger partial charge on any atom is 0.340 e. The maximum atomic E-state index is 11.7. The summed E-state index contributed by atoms with van der Waals surface area (Å²) >= 11 is 0. The Balaban J connectivity index is 2.47. The second-order valence-electron chi connectivity index (χ2n) is 4.08. The van der Waals surface area contributed by atoms with Gasteiger partial charge in [-0.05, 0) is 13.0 Å². The quantitative estimate of drug-likeness (QED) is 0.644. The summed E-state index contributed by atoms with van der Waals surface area (Å²) in [5.74, 6) is -0.578. The number of carbonyl (C=O) groups is 1. The largest absolute Gasteiger partial charge is 0.458 e. The zero-order chi connectivity index (χ0) is 14.7. The molecular formula is C13H13N3O4. The minimum absolute atomic E-state index is 0.150. The smallest absolute Gasteiger partial charge is 0.340 e. The fourth-order valence-electron chi connectivity index (χ4n) is 1.65. The highest BCUT2D eigenvalue weighted by Crippen LogP contribution is 2.08. The Kier molecular flexibility index (Phi) is 3.79. The number of pyridine rings is 1. The maximum absolute atomic E-state index is 11.7. The van der Waals surface area contributed by atoms with Gasteiger partial charge in [0.25, 0.3) is 5.56 Å². The highest BCUT2D eigenvalue weighted by atomic mass is 16.5. The number of aromatic amines is 1. The Morgan fingerprint density at radius 3 is 2.95 bits per heavy atom. The summed E-state index contributed by atoms with van der Waals surface area (Å²) in [6, 6.07) is 1.36. The summed E-state index contributed by atoms with van der Waals surface area (Å²) in [4.78, 5) is 41.0. The van der Waals surface area contributed by atoms with Crippen molar-refractivity contribution in [2.24, 2.45) is 7.05 Å². The summed E-state index contributed by atoms with van der Waals surface area (Å²) in [7, 11) is 1.48. The number of nitrogens with one attached hydrogen (secondary N) is 1. The molecule has 0 spiro atoms. The molecule has 0 amide bonds. The van der Waals surface area contributed by atoms with Gasteiger partial charge in [-0.2, -0.15) is 0 Å². The van der Waals surface area contributed by atoms with Crippen molar-refractivity contribution in [2.45, 2.75) is 6.92 Å². The Morgan fingerprint density at radius 1 is 1.50 bits per heavy atom. The summed E-state index contributed by atoms with van der Waals surface area (Å²) in [6.07, 6.45) is 4.72. The second-order valence-corrected chi connectivity index (χ2v) is 4.08. The van der Waals surface area contributed by atoms with Crippen LogP contribution in [-0.4, -0.2) is 27.1 Å². The molecule has 2 aromatic rings. The monoisotopic (exact) mass is 275 g/mol. The number of H-pyrrole nitrogens is 1.